The van der Waals surface area contributed by atoms with E-state index in [0.717, 1.165) is 31.8 Å². The Balaban J connectivity index is 2.01. The number of hydrogen-bond donors (Lipinski definition) is 0. The summed E-state index contributed by atoms with van der Waals surface area (Å²) in [6.07, 6.45) is 6.95. The van der Waals surface area contributed by atoms with Crippen LogP contribution in [0.15, 0.2) is 4.40 Å². The summed E-state index contributed by atoms with van der Waals surface area (Å²) in [6, 6.07) is 0. The van der Waals surface area contributed by atoms with Crippen molar-refractivity contribution in [3.63, 3.8) is 0 Å². The number of nitrogens with zero attached hydrogens (tertiary/aromatic N) is 1. The monoisotopic (exact) mass is 201 g/mol. The van der Waals surface area contributed by atoms with E-state index in [1.165, 1.54) is 12.8 Å². The van der Waals surface area contributed by atoms with Crippen molar-refractivity contribution in [3.8, 4) is 0 Å². The number of hydrogen-bond acceptors (Lipinski definition) is 3. The lowest BCUT2D eigenvalue weighted by Gasteiger charge is -2.17. The van der Waals surface area contributed by atoms with Crippen molar-refractivity contribution in [1.29, 1.82) is 0 Å². The molecule has 0 bridgehead atoms. The van der Waals surface area contributed by atoms with E-state index < -0.39 is 0 Å². The van der Waals surface area contributed by atoms with Gasteiger partial charge in [0, 0.05) is 25.2 Å². The van der Waals surface area contributed by atoms with Gasteiger partial charge in [0.25, 0.3) is 0 Å². The highest BCUT2D eigenvalue weighted by molar-refractivity contribution is 7.98. The zero-order valence-corrected chi connectivity index (χ0v) is 9.18. The minimum atomic E-state index is 0.669. The van der Waals surface area contributed by atoms with Crippen molar-refractivity contribution in [3.05, 3.63) is 0 Å². The molecule has 0 atom stereocenters. The molecule has 1 aliphatic heterocycles. The topological polar surface area (TPSA) is 21.6 Å². The molecule has 0 saturated carbocycles. The Bertz CT molecular complexity index is 144. The van der Waals surface area contributed by atoms with Crippen LogP contribution in [0.5, 0.6) is 0 Å². The summed E-state index contributed by atoms with van der Waals surface area (Å²) < 4.78 is 9.64. The lowest BCUT2D eigenvalue weighted by atomic mass is 10.0. The Kier molecular flexibility index (Phi) is 6.29. The first-order valence-electron chi connectivity index (χ1n) is 5.16. The molecule has 0 aromatic carbocycles. The smallest absolute Gasteiger partial charge is 0.0472 e. The molecule has 1 fully saturated rings. The highest BCUT2D eigenvalue weighted by Gasteiger charge is 2.10. The molecule has 0 aromatic rings. The molecular weight excluding hydrogens is 182 g/mol. The Morgan fingerprint density at radius 3 is 2.92 bits per heavy atom. The average Bonchev–Trinajstić information content (AvgIpc) is 2.19. The van der Waals surface area contributed by atoms with Gasteiger partial charge in [0.1, 0.15) is 0 Å². The summed E-state index contributed by atoms with van der Waals surface area (Å²) in [6.45, 7) is 4.04. The van der Waals surface area contributed by atoms with Crippen molar-refractivity contribution < 1.29 is 4.74 Å². The SMILES string of the molecule is CCCCSN=CC1CCOCC1. The molecule has 0 aliphatic carbocycles. The van der Waals surface area contributed by atoms with E-state index in [1.54, 1.807) is 11.9 Å². The Labute approximate surface area is 85.3 Å². The second-order valence-electron chi connectivity index (χ2n) is 3.39. The molecular formula is C10H19NOS. The summed E-state index contributed by atoms with van der Waals surface area (Å²) in [5.74, 6) is 1.83. The van der Waals surface area contributed by atoms with Gasteiger partial charge in [-0.3, -0.25) is 0 Å². The fourth-order valence-electron chi connectivity index (χ4n) is 1.26. The normalized spacial score (nSPS) is 19.8. The van der Waals surface area contributed by atoms with Crippen LogP contribution in [0.25, 0.3) is 0 Å². The van der Waals surface area contributed by atoms with Gasteiger partial charge in [-0.15, -0.1) is 0 Å². The quantitative estimate of drug-likeness (QED) is 0.387. The maximum absolute atomic E-state index is 5.28. The van der Waals surface area contributed by atoms with E-state index in [9.17, 15) is 0 Å². The van der Waals surface area contributed by atoms with Gasteiger partial charge in [0.2, 0.25) is 0 Å². The molecule has 0 aromatic heterocycles. The van der Waals surface area contributed by atoms with Crippen LogP contribution < -0.4 is 0 Å². The molecule has 1 saturated heterocycles. The van der Waals surface area contributed by atoms with Crippen LogP contribution in [-0.4, -0.2) is 25.2 Å². The van der Waals surface area contributed by atoms with Gasteiger partial charge in [-0.25, -0.2) is 4.40 Å². The van der Waals surface area contributed by atoms with Crippen LogP contribution in [0.1, 0.15) is 32.6 Å². The number of rotatable bonds is 5. The second-order valence-corrected chi connectivity index (χ2v) is 4.27. The number of ether oxygens (including phenoxy) is 1. The van der Waals surface area contributed by atoms with Crippen LogP contribution in [0.4, 0.5) is 0 Å². The van der Waals surface area contributed by atoms with Crippen LogP contribution in [-0.2, 0) is 4.74 Å². The number of unbranched alkanes of at least 4 members (excludes halogenated alkanes) is 1. The summed E-state index contributed by atoms with van der Waals surface area (Å²) in [5.41, 5.74) is 0. The molecule has 13 heavy (non-hydrogen) atoms. The van der Waals surface area contributed by atoms with Gasteiger partial charge in [-0.05, 0) is 37.1 Å². The fraction of sp³-hybridized carbons (Fsp3) is 0.900. The summed E-state index contributed by atoms with van der Waals surface area (Å²) in [7, 11) is 0. The fourth-order valence-corrected chi connectivity index (χ4v) is 2.04. The van der Waals surface area contributed by atoms with Gasteiger partial charge in [0.05, 0.1) is 0 Å². The van der Waals surface area contributed by atoms with E-state index in [2.05, 4.69) is 17.5 Å². The highest BCUT2D eigenvalue weighted by atomic mass is 32.2. The molecule has 0 N–H and O–H groups in total. The first kappa shape index (κ1) is 11.1. The van der Waals surface area contributed by atoms with Crippen LogP contribution in [0.3, 0.4) is 0 Å². The molecule has 0 unspecified atom stereocenters. The lowest BCUT2D eigenvalue weighted by molar-refractivity contribution is 0.0839. The molecule has 1 heterocycles. The van der Waals surface area contributed by atoms with E-state index in [0.29, 0.717) is 5.92 Å². The molecule has 0 spiro atoms. The van der Waals surface area contributed by atoms with Crippen molar-refractivity contribution in [2.24, 2.45) is 10.3 Å². The summed E-state index contributed by atoms with van der Waals surface area (Å²) in [4.78, 5) is 0. The Morgan fingerprint density at radius 2 is 2.23 bits per heavy atom. The van der Waals surface area contributed by atoms with Gasteiger partial charge in [-0.1, -0.05) is 13.3 Å². The Morgan fingerprint density at radius 1 is 1.46 bits per heavy atom. The third-order valence-corrected chi connectivity index (χ3v) is 2.94. The average molecular weight is 201 g/mol. The van der Waals surface area contributed by atoms with Crippen LogP contribution in [0.2, 0.25) is 0 Å². The molecule has 1 aliphatic rings. The Hall–Kier alpha value is -0.0200. The molecule has 76 valence electrons. The standard InChI is InChI=1S/C10H19NOS/c1-2-3-8-13-11-9-10-4-6-12-7-5-10/h9-10H,2-8H2,1H3. The van der Waals surface area contributed by atoms with Crippen molar-refractivity contribution in [1.82, 2.24) is 0 Å². The zero-order chi connectivity index (χ0) is 9.36. The predicted molar refractivity (Wildman–Crippen MR) is 59.4 cm³/mol. The van der Waals surface area contributed by atoms with Gasteiger partial charge >= 0.3 is 0 Å². The van der Waals surface area contributed by atoms with Crippen molar-refractivity contribution in [2.75, 3.05) is 19.0 Å². The van der Waals surface area contributed by atoms with Crippen LogP contribution >= 0.6 is 11.9 Å². The van der Waals surface area contributed by atoms with Gasteiger partial charge in [0.15, 0.2) is 0 Å². The van der Waals surface area contributed by atoms with Crippen molar-refractivity contribution in [2.45, 2.75) is 32.6 Å². The third-order valence-electron chi connectivity index (χ3n) is 2.20. The zero-order valence-electron chi connectivity index (χ0n) is 8.37. The minimum absolute atomic E-state index is 0.669. The van der Waals surface area contributed by atoms with Crippen LogP contribution in [0, 0.1) is 5.92 Å². The first-order valence-corrected chi connectivity index (χ1v) is 6.11. The predicted octanol–water partition coefficient (Wildman–Crippen LogP) is 2.93. The maximum Gasteiger partial charge on any atom is 0.0472 e. The molecule has 0 radical (unpaired) electrons. The molecule has 1 rings (SSSR count). The van der Waals surface area contributed by atoms with E-state index in [1.807, 2.05) is 0 Å². The highest BCUT2D eigenvalue weighted by Crippen LogP contribution is 2.14. The molecule has 0 amide bonds. The van der Waals surface area contributed by atoms with E-state index in [-0.39, 0.29) is 0 Å². The largest absolute Gasteiger partial charge is 0.381 e. The first-order chi connectivity index (χ1) is 6.43. The third kappa shape index (κ3) is 5.32. The summed E-state index contributed by atoms with van der Waals surface area (Å²) in [5, 5.41) is 0. The molecule has 2 nitrogen and oxygen atoms in total. The van der Waals surface area contributed by atoms with Gasteiger partial charge < -0.3 is 4.74 Å². The van der Waals surface area contributed by atoms with Crippen molar-refractivity contribution >= 4 is 18.2 Å². The van der Waals surface area contributed by atoms with Gasteiger partial charge in [-0.2, -0.15) is 0 Å². The lowest BCUT2D eigenvalue weighted by Crippen LogP contribution is -2.16. The van der Waals surface area contributed by atoms with E-state index in [4.69, 9.17) is 4.74 Å². The minimum Gasteiger partial charge on any atom is -0.381 e. The van der Waals surface area contributed by atoms with E-state index >= 15 is 0 Å². The second kappa shape index (κ2) is 7.39. The molecule has 3 heteroatoms. The maximum atomic E-state index is 5.28. The summed E-state index contributed by atoms with van der Waals surface area (Å²) >= 11 is 1.70.